The minimum absolute atomic E-state index is 0.0817. The van der Waals surface area contributed by atoms with E-state index in [-0.39, 0.29) is 24.2 Å². The van der Waals surface area contributed by atoms with Crippen molar-refractivity contribution in [2.24, 2.45) is 0 Å². The van der Waals surface area contributed by atoms with Crippen LogP contribution in [0.5, 0.6) is 0 Å². The summed E-state index contributed by atoms with van der Waals surface area (Å²) in [6, 6.07) is 10.7. The predicted octanol–water partition coefficient (Wildman–Crippen LogP) is 4.75. The molecule has 1 aliphatic heterocycles. The molecule has 0 saturated carbocycles. The summed E-state index contributed by atoms with van der Waals surface area (Å²) in [6.45, 7) is 0.555. The number of amides is 1. The van der Waals surface area contributed by atoms with Gasteiger partial charge in [-0.05, 0) is 42.2 Å². The van der Waals surface area contributed by atoms with Crippen molar-refractivity contribution in [2.75, 3.05) is 6.54 Å². The molecule has 0 N–H and O–H groups in total. The third-order valence-electron chi connectivity index (χ3n) is 4.44. The Labute approximate surface area is 143 Å². The van der Waals surface area contributed by atoms with Crippen molar-refractivity contribution in [1.29, 1.82) is 0 Å². The topological polar surface area (TPSA) is 20.3 Å². The molecule has 2 aromatic rings. The van der Waals surface area contributed by atoms with E-state index in [1.807, 2.05) is 0 Å². The Hall–Kier alpha value is -2.37. The molecule has 1 unspecified atom stereocenters. The SMILES string of the molecule is O=C(Cc1cccc(C(F)(F)F)c1)N1CCCC1c1ccc(F)cc1. The highest BCUT2D eigenvalue weighted by atomic mass is 19.4. The number of carbonyl (C=O) groups excluding carboxylic acids is 1. The van der Waals surface area contributed by atoms with Crippen molar-refractivity contribution in [1.82, 2.24) is 4.90 Å². The summed E-state index contributed by atoms with van der Waals surface area (Å²) in [5, 5.41) is 0. The minimum Gasteiger partial charge on any atom is -0.335 e. The number of carbonyl (C=O) groups is 1. The van der Waals surface area contributed by atoms with E-state index in [0.717, 1.165) is 30.5 Å². The van der Waals surface area contributed by atoms with Crippen LogP contribution in [0.3, 0.4) is 0 Å². The summed E-state index contributed by atoms with van der Waals surface area (Å²) in [5.74, 6) is -0.560. The lowest BCUT2D eigenvalue weighted by atomic mass is 10.0. The maximum atomic E-state index is 13.1. The lowest BCUT2D eigenvalue weighted by Crippen LogP contribution is -2.31. The molecule has 0 aliphatic carbocycles. The molecule has 1 heterocycles. The lowest BCUT2D eigenvalue weighted by molar-refractivity contribution is -0.138. The quantitative estimate of drug-likeness (QED) is 0.731. The zero-order valence-corrected chi connectivity index (χ0v) is 13.4. The number of likely N-dealkylation sites (tertiary alicyclic amines) is 1. The summed E-state index contributed by atoms with van der Waals surface area (Å²) < 4.78 is 51.5. The van der Waals surface area contributed by atoms with E-state index in [4.69, 9.17) is 0 Å². The van der Waals surface area contributed by atoms with E-state index < -0.39 is 11.7 Å². The second-order valence-corrected chi connectivity index (χ2v) is 6.17. The second-order valence-electron chi connectivity index (χ2n) is 6.17. The molecule has 3 rings (SSSR count). The molecule has 1 amide bonds. The average Bonchev–Trinajstić information content (AvgIpc) is 3.05. The van der Waals surface area contributed by atoms with Crippen molar-refractivity contribution in [3.05, 3.63) is 71.0 Å². The van der Waals surface area contributed by atoms with Crippen LogP contribution in [-0.2, 0) is 17.4 Å². The zero-order valence-electron chi connectivity index (χ0n) is 13.4. The van der Waals surface area contributed by atoms with E-state index in [2.05, 4.69) is 0 Å². The molecule has 0 spiro atoms. The predicted molar refractivity (Wildman–Crippen MR) is 85.2 cm³/mol. The Kier molecular flexibility index (Phi) is 4.79. The van der Waals surface area contributed by atoms with Crippen LogP contribution in [0.4, 0.5) is 17.6 Å². The monoisotopic (exact) mass is 351 g/mol. The maximum absolute atomic E-state index is 13.1. The Morgan fingerprint density at radius 2 is 1.84 bits per heavy atom. The molecule has 0 radical (unpaired) electrons. The number of hydrogen-bond acceptors (Lipinski definition) is 1. The first-order chi connectivity index (χ1) is 11.8. The van der Waals surface area contributed by atoms with Gasteiger partial charge in [-0.1, -0.05) is 30.3 Å². The van der Waals surface area contributed by atoms with Gasteiger partial charge in [-0.3, -0.25) is 4.79 Å². The molecule has 2 nitrogen and oxygen atoms in total. The molecule has 1 fully saturated rings. The minimum atomic E-state index is -4.43. The van der Waals surface area contributed by atoms with Crippen molar-refractivity contribution >= 4 is 5.91 Å². The van der Waals surface area contributed by atoms with Gasteiger partial charge in [-0.25, -0.2) is 4.39 Å². The molecule has 2 aromatic carbocycles. The number of benzene rings is 2. The number of hydrogen-bond donors (Lipinski definition) is 0. The van der Waals surface area contributed by atoms with Gasteiger partial charge >= 0.3 is 6.18 Å². The highest BCUT2D eigenvalue weighted by molar-refractivity contribution is 5.79. The summed E-state index contributed by atoms with van der Waals surface area (Å²) in [7, 11) is 0. The smallest absolute Gasteiger partial charge is 0.335 e. The number of rotatable bonds is 3. The highest BCUT2D eigenvalue weighted by Gasteiger charge is 2.32. The standard InChI is InChI=1S/C19H17F4NO/c20-16-8-6-14(7-9-16)17-5-2-10-24(17)18(25)12-13-3-1-4-15(11-13)19(21,22)23/h1,3-4,6-9,11,17H,2,5,10,12H2. The number of nitrogens with zero attached hydrogens (tertiary/aromatic N) is 1. The van der Waals surface area contributed by atoms with E-state index in [9.17, 15) is 22.4 Å². The fourth-order valence-corrected chi connectivity index (χ4v) is 3.23. The average molecular weight is 351 g/mol. The van der Waals surface area contributed by atoms with Gasteiger partial charge in [-0.15, -0.1) is 0 Å². The van der Waals surface area contributed by atoms with Gasteiger partial charge in [0.1, 0.15) is 5.82 Å². The van der Waals surface area contributed by atoms with Crippen LogP contribution < -0.4 is 0 Å². The largest absolute Gasteiger partial charge is 0.416 e. The fraction of sp³-hybridized carbons (Fsp3) is 0.316. The van der Waals surface area contributed by atoms with E-state index >= 15 is 0 Å². The third kappa shape index (κ3) is 4.00. The van der Waals surface area contributed by atoms with E-state index in [1.165, 1.54) is 24.3 Å². The van der Waals surface area contributed by atoms with Crippen LogP contribution in [0.15, 0.2) is 48.5 Å². The van der Waals surface area contributed by atoms with Crippen LogP contribution in [0.25, 0.3) is 0 Å². The van der Waals surface area contributed by atoms with Gasteiger partial charge in [0.2, 0.25) is 5.91 Å². The van der Waals surface area contributed by atoms with Crippen LogP contribution >= 0.6 is 0 Å². The number of alkyl halides is 3. The molecule has 1 atom stereocenters. The Morgan fingerprint density at radius 3 is 2.52 bits per heavy atom. The molecular weight excluding hydrogens is 334 g/mol. The Balaban J connectivity index is 1.75. The van der Waals surface area contributed by atoms with Crippen LogP contribution in [-0.4, -0.2) is 17.4 Å². The van der Waals surface area contributed by atoms with Crippen molar-refractivity contribution in [2.45, 2.75) is 31.5 Å². The molecule has 25 heavy (non-hydrogen) atoms. The first-order valence-electron chi connectivity index (χ1n) is 8.05. The van der Waals surface area contributed by atoms with Gasteiger partial charge in [0, 0.05) is 6.54 Å². The summed E-state index contributed by atoms with van der Waals surface area (Å²) in [6.07, 6.45) is -2.93. The highest BCUT2D eigenvalue weighted by Crippen LogP contribution is 2.33. The second kappa shape index (κ2) is 6.86. The first-order valence-corrected chi connectivity index (χ1v) is 8.05. The summed E-state index contributed by atoms with van der Waals surface area (Å²) in [4.78, 5) is 14.3. The number of halogens is 4. The maximum Gasteiger partial charge on any atom is 0.416 e. The molecular formula is C19H17F4NO. The molecule has 6 heteroatoms. The van der Waals surface area contributed by atoms with Gasteiger partial charge < -0.3 is 4.90 Å². The first kappa shape index (κ1) is 17.5. The van der Waals surface area contributed by atoms with Crippen LogP contribution in [0, 0.1) is 5.82 Å². The molecule has 0 aromatic heterocycles. The van der Waals surface area contributed by atoms with Crippen molar-refractivity contribution < 1.29 is 22.4 Å². The lowest BCUT2D eigenvalue weighted by Gasteiger charge is -2.25. The van der Waals surface area contributed by atoms with Gasteiger partial charge in [0.25, 0.3) is 0 Å². The van der Waals surface area contributed by atoms with Crippen molar-refractivity contribution in [3.63, 3.8) is 0 Å². The van der Waals surface area contributed by atoms with Gasteiger partial charge in [0.15, 0.2) is 0 Å². The van der Waals surface area contributed by atoms with Gasteiger partial charge in [0.05, 0.1) is 18.0 Å². The van der Waals surface area contributed by atoms with Crippen LogP contribution in [0.1, 0.15) is 35.6 Å². The molecule has 132 valence electrons. The molecule has 1 aliphatic rings. The summed E-state index contributed by atoms with van der Waals surface area (Å²) in [5.41, 5.74) is 0.426. The summed E-state index contributed by atoms with van der Waals surface area (Å²) >= 11 is 0. The Bertz CT molecular complexity index is 755. The normalized spacial score (nSPS) is 17.8. The Morgan fingerprint density at radius 1 is 1.12 bits per heavy atom. The van der Waals surface area contributed by atoms with E-state index in [0.29, 0.717) is 12.1 Å². The van der Waals surface area contributed by atoms with Crippen molar-refractivity contribution in [3.8, 4) is 0 Å². The van der Waals surface area contributed by atoms with Crippen LogP contribution in [0.2, 0.25) is 0 Å². The van der Waals surface area contributed by atoms with Gasteiger partial charge in [-0.2, -0.15) is 13.2 Å². The van der Waals surface area contributed by atoms with E-state index in [1.54, 1.807) is 17.0 Å². The third-order valence-corrected chi connectivity index (χ3v) is 4.44. The fourth-order valence-electron chi connectivity index (χ4n) is 3.23. The molecule has 0 bridgehead atoms. The zero-order chi connectivity index (χ0) is 18.0. The molecule has 1 saturated heterocycles.